The number of imidazole rings is 1. The maximum absolute atomic E-state index is 12.3. The number of carbonyl (C=O) groups excluding carboxylic acids is 2. The highest BCUT2D eigenvalue weighted by Crippen LogP contribution is 2.08. The third-order valence-corrected chi connectivity index (χ3v) is 3.72. The fraction of sp³-hybridized carbons (Fsp3) is 0.389. The molecule has 0 aliphatic carbocycles. The summed E-state index contributed by atoms with van der Waals surface area (Å²) in [7, 11) is 0. The van der Waals surface area contributed by atoms with Crippen LogP contribution in [0.2, 0.25) is 0 Å². The number of hydrogen-bond acceptors (Lipinski definition) is 5. The number of rotatable bonds is 8. The van der Waals surface area contributed by atoms with Crippen molar-refractivity contribution >= 4 is 11.9 Å². The molecule has 2 atom stereocenters. The average molecular weight is 329 g/mol. The van der Waals surface area contributed by atoms with E-state index in [1.165, 1.54) is 10.9 Å². The van der Waals surface area contributed by atoms with E-state index in [9.17, 15) is 9.59 Å². The number of aryl methyl sites for hydroxylation is 1. The summed E-state index contributed by atoms with van der Waals surface area (Å²) in [5.74, 6) is -0.500. The normalized spacial score (nSPS) is 13.2. The molecule has 0 spiro atoms. The summed E-state index contributed by atoms with van der Waals surface area (Å²) in [5, 5.41) is 3.09. The smallest absolute Gasteiger partial charge is 0.323 e. The zero-order chi connectivity index (χ0) is 17.4. The lowest BCUT2D eigenvalue weighted by atomic mass is 10.0. The summed E-state index contributed by atoms with van der Waals surface area (Å²) in [5.41, 5.74) is 1.14. The Balaban J connectivity index is 1.99. The maximum atomic E-state index is 12.3. The zero-order valence-corrected chi connectivity index (χ0v) is 14.0. The van der Waals surface area contributed by atoms with E-state index in [2.05, 4.69) is 10.3 Å². The van der Waals surface area contributed by atoms with E-state index in [1.807, 2.05) is 30.3 Å². The van der Waals surface area contributed by atoms with Gasteiger partial charge in [0.15, 0.2) is 0 Å². The van der Waals surface area contributed by atoms with Crippen LogP contribution in [0.1, 0.15) is 30.6 Å². The van der Waals surface area contributed by atoms with Crippen LogP contribution in [0.3, 0.4) is 0 Å². The molecule has 1 N–H and O–H groups in total. The Hall–Kier alpha value is -2.47. The molecule has 2 rings (SSSR count). The average Bonchev–Trinajstić information content (AvgIpc) is 3.13. The van der Waals surface area contributed by atoms with E-state index in [0.29, 0.717) is 13.0 Å². The Bertz CT molecular complexity index is 641. The SMILES string of the molecule is CCOC(=O)[C@H](CCc1ccccc1)N[C@@H](C)C(=O)n1ccnc1. The van der Waals surface area contributed by atoms with Crippen molar-refractivity contribution in [1.82, 2.24) is 14.9 Å². The highest BCUT2D eigenvalue weighted by atomic mass is 16.5. The Kier molecular flexibility index (Phi) is 6.69. The minimum Gasteiger partial charge on any atom is -0.465 e. The number of esters is 1. The lowest BCUT2D eigenvalue weighted by Gasteiger charge is -2.21. The maximum Gasteiger partial charge on any atom is 0.323 e. The van der Waals surface area contributed by atoms with E-state index in [1.54, 1.807) is 26.2 Å². The van der Waals surface area contributed by atoms with Gasteiger partial charge in [0.05, 0.1) is 12.6 Å². The van der Waals surface area contributed by atoms with Crippen LogP contribution >= 0.6 is 0 Å². The number of nitrogens with one attached hydrogen (secondary N) is 1. The van der Waals surface area contributed by atoms with Crippen LogP contribution in [0.5, 0.6) is 0 Å². The summed E-state index contributed by atoms with van der Waals surface area (Å²) in [6, 6.07) is 8.86. The lowest BCUT2D eigenvalue weighted by Crippen LogP contribution is -2.47. The van der Waals surface area contributed by atoms with Crippen molar-refractivity contribution in [2.24, 2.45) is 0 Å². The van der Waals surface area contributed by atoms with Gasteiger partial charge < -0.3 is 4.74 Å². The van der Waals surface area contributed by atoms with E-state index in [4.69, 9.17) is 4.74 Å². The number of carbonyl (C=O) groups is 2. The minimum absolute atomic E-state index is 0.165. The predicted octanol–water partition coefficient (Wildman–Crippen LogP) is 2.07. The third-order valence-electron chi connectivity index (χ3n) is 3.72. The Morgan fingerprint density at radius 3 is 2.67 bits per heavy atom. The molecular weight excluding hydrogens is 306 g/mol. The molecule has 1 heterocycles. The van der Waals surface area contributed by atoms with Crippen molar-refractivity contribution in [2.45, 2.75) is 38.8 Å². The van der Waals surface area contributed by atoms with Gasteiger partial charge in [-0.1, -0.05) is 30.3 Å². The van der Waals surface area contributed by atoms with Gasteiger partial charge in [-0.25, -0.2) is 4.98 Å². The Morgan fingerprint density at radius 1 is 1.29 bits per heavy atom. The van der Waals surface area contributed by atoms with Crippen LogP contribution in [0.15, 0.2) is 49.1 Å². The molecule has 1 aromatic heterocycles. The number of benzene rings is 1. The molecule has 24 heavy (non-hydrogen) atoms. The van der Waals surface area contributed by atoms with Crippen LogP contribution in [-0.2, 0) is 16.0 Å². The van der Waals surface area contributed by atoms with Gasteiger partial charge in [-0.2, -0.15) is 0 Å². The van der Waals surface area contributed by atoms with Gasteiger partial charge in [-0.05, 0) is 32.3 Å². The summed E-state index contributed by atoms with van der Waals surface area (Å²) >= 11 is 0. The number of nitrogens with zero attached hydrogens (tertiary/aromatic N) is 2. The van der Waals surface area contributed by atoms with Crippen LogP contribution < -0.4 is 5.32 Å². The van der Waals surface area contributed by atoms with Crippen molar-refractivity contribution < 1.29 is 14.3 Å². The highest BCUT2D eigenvalue weighted by molar-refractivity contribution is 5.85. The van der Waals surface area contributed by atoms with E-state index in [-0.39, 0.29) is 11.9 Å². The molecule has 1 aromatic carbocycles. The Morgan fingerprint density at radius 2 is 2.04 bits per heavy atom. The first kappa shape index (κ1) is 17.9. The van der Waals surface area contributed by atoms with Gasteiger partial charge in [0.2, 0.25) is 5.91 Å². The molecular formula is C18H23N3O3. The molecule has 6 nitrogen and oxygen atoms in total. The molecule has 0 radical (unpaired) electrons. The van der Waals surface area contributed by atoms with Crippen LogP contribution in [0.25, 0.3) is 0 Å². The molecule has 0 aliphatic rings. The lowest BCUT2D eigenvalue weighted by molar-refractivity contribution is -0.145. The highest BCUT2D eigenvalue weighted by Gasteiger charge is 2.25. The standard InChI is InChI=1S/C18H23N3O3/c1-3-24-18(23)16(10-9-15-7-5-4-6-8-15)20-14(2)17(22)21-12-11-19-13-21/h4-8,11-14,16,20H,3,9-10H2,1-2H3/t14-,16-/m0/s1. The first-order chi connectivity index (χ1) is 11.6. The first-order valence-electron chi connectivity index (χ1n) is 8.10. The molecule has 0 saturated carbocycles. The topological polar surface area (TPSA) is 73.2 Å². The first-order valence-corrected chi connectivity index (χ1v) is 8.10. The molecule has 6 heteroatoms. The molecule has 0 saturated heterocycles. The summed E-state index contributed by atoms with van der Waals surface area (Å²) in [6.45, 7) is 3.81. The summed E-state index contributed by atoms with van der Waals surface area (Å²) < 4.78 is 6.53. The zero-order valence-electron chi connectivity index (χ0n) is 14.0. The van der Waals surface area contributed by atoms with Crippen molar-refractivity contribution in [3.8, 4) is 0 Å². The fourth-order valence-corrected chi connectivity index (χ4v) is 2.45. The number of ether oxygens (including phenoxy) is 1. The molecule has 0 bridgehead atoms. The molecule has 2 aromatic rings. The van der Waals surface area contributed by atoms with E-state index >= 15 is 0 Å². The second-order valence-electron chi connectivity index (χ2n) is 5.53. The Labute approximate surface area is 141 Å². The van der Waals surface area contributed by atoms with Gasteiger partial charge in [-0.15, -0.1) is 0 Å². The third kappa shape index (κ3) is 5.03. The largest absolute Gasteiger partial charge is 0.465 e. The quantitative estimate of drug-likeness (QED) is 0.751. The summed E-state index contributed by atoms with van der Waals surface area (Å²) in [6.07, 6.45) is 5.87. The monoisotopic (exact) mass is 329 g/mol. The minimum atomic E-state index is -0.535. The summed E-state index contributed by atoms with van der Waals surface area (Å²) in [4.78, 5) is 28.4. The fourth-order valence-electron chi connectivity index (χ4n) is 2.45. The molecule has 128 valence electrons. The van der Waals surface area contributed by atoms with Crippen molar-refractivity contribution in [1.29, 1.82) is 0 Å². The van der Waals surface area contributed by atoms with Crippen molar-refractivity contribution in [2.75, 3.05) is 6.61 Å². The van der Waals surface area contributed by atoms with Gasteiger partial charge in [0.1, 0.15) is 12.4 Å². The second-order valence-corrected chi connectivity index (χ2v) is 5.53. The van der Waals surface area contributed by atoms with Gasteiger partial charge >= 0.3 is 5.97 Å². The van der Waals surface area contributed by atoms with Crippen LogP contribution in [0, 0.1) is 0 Å². The van der Waals surface area contributed by atoms with Crippen LogP contribution in [-0.4, -0.2) is 40.1 Å². The molecule has 0 fully saturated rings. The molecule has 0 unspecified atom stereocenters. The van der Waals surface area contributed by atoms with Crippen LogP contribution in [0.4, 0.5) is 0 Å². The number of hydrogen-bond donors (Lipinski definition) is 1. The predicted molar refractivity (Wildman–Crippen MR) is 90.6 cm³/mol. The second kappa shape index (κ2) is 8.98. The molecule has 0 aliphatic heterocycles. The van der Waals surface area contributed by atoms with E-state index < -0.39 is 12.1 Å². The molecule has 0 amide bonds. The van der Waals surface area contributed by atoms with Gasteiger partial charge in [0.25, 0.3) is 0 Å². The van der Waals surface area contributed by atoms with Crippen molar-refractivity contribution in [3.63, 3.8) is 0 Å². The van der Waals surface area contributed by atoms with Gasteiger partial charge in [0, 0.05) is 12.4 Å². The van der Waals surface area contributed by atoms with Gasteiger partial charge in [-0.3, -0.25) is 19.5 Å². The number of aromatic nitrogens is 2. The van der Waals surface area contributed by atoms with E-state index in [0.717, 1.165) is 12.0 Å². The van der Waals surface area contributed by atoms with Crippen molar-refractivity contribution in [3.05, 3.63) is 54.6 Å².